The molecule has 1 fully saturated rings. The number of nitrogens with one attached hydrogen (secondary N) is 4. The predicted molar refractivity (Wildman–Crippen MR) is 185 cm³/mol. The van der Waals surface area contributed by atoms with E-state index in [1.165, 1.54) is 58.4 Å². The molecule has 2 unspecified atom stereocenters. The fourth-order valence-corrected chi connectivity index (χ4v) is 8.20. The number of rotatable bonds is 14. The molecule has 1 aliphatic carbocycles. The highest BCUT2D eigenvalue weighted by Crippen LogP contribution is 2.37. The number of carbonyl (C=O) groups excluding carboxylic acids is 4. The van der Waals surface area contributed by atoms with Crippen molar-refractivity contribution in [3.63, 3.8) is 0 Å². The van der Waals surface area contributed by atoms with Gasteiger partial charge in [0.15, 0.2) is 0 Å². The van der Waals surface area contributed by atoms with Gasteiger partial charge in [-0.25, -0.2) is 9.97 Å². The molecule has 47 heavy (non-hydrogen) atoms. The molecular weight excluding hydrogens is 641 g/mol. The zero-order valence-corrected chi connectivity index (χ0v) is 28.9. The van der Waals surface area contributed by atoms with Gasteiger partial charge in [-0.05, 0) is 37.5 Å². The highest BCUT2D eigenvalue weighted by molar-refractivity contribution is 8.00. The van der Waals surface area contributed by atoms with Crippen LogP contribution < -0.4 is 21.3 Å². The van der Waals surface area contributed by atoms with E-state index >= 15 is 0 Å². The van der Waals surface area contributed by atoms with Crippen molar-refractivity contribution < 1.29 is 28.7 Å². The number of thioether (sulfide) groups is 2. The molecule has 2 aliphatic rings. The summed E-state index contributed by atoms with van der Waals surface area (Å²) in [5, 5.41) is 11.5. The summed E-state index contributed by atoms with van der Waals surface area (Å²) in [4.78, 5) is 57.4. The van der Waals surface area contributed by atoms with Crippen LogP contribution in [0, 0.1) is 0 Å². The molecule has 1 aliphatic heterocycles. The van der Waals surface area contributed by atoms with E-state index in [2.05, 4.69) is 33.0 Å². The van der Waals surface area contributed by atoms with Crippen LogP contribution in [0.1, 0.15) is 79.5 Å². The zero-order valence-electron chi connectivity index (χ0n) is 27.3. The van der Waals surface area contributed by atoms with Gasteiger partial charge in [-0.1, -0.05) is 32.1 Å². The molecule has 4 amide bonds. The van der Waals surface area contributed by atoms with Crippen molar-refractivity contribution in [2.75, 3.05) is 53.1 Å². The van der Waals surface area contributed by atoms with Crippen LogP contribution in [0.4, 0.5) is 0 Å². The van der Waals surface area contributed by atoms with Crippen LogP contribution in [0.5, 0.6) is 0 Å². The lowest BCUT2D eigenvalue weighted by Gasteiger charge is -2.23. The fourth-order valence-electron chi connectivity index (χ4n) is 5.42. The first kappa shape index (κ1) is 36.9. The third-order valence-corrected chi connectivity index (χ3v) is 10.8. The van der Waals surface area contributed by atoms with Gasteiger partial charge in [0.05, 0.1) is 61.9 Å². The van der Waals surface area contributed by atoms with Gasteiger partial charge in [0.1, 0.15) is 0 Å². The first-order chi connectivity index (χ1) is 22.9. The summed E-state index contributed by atoms with van der Waals surface area (Å²) >= 11 is 4.09. The Morgan fingerprint density at radius 1 is 0.745 bits per heavy atom. The zero-order chi connectivity index (χ0) is 33.3. The van der Waals surface area contributed by atoms with Crippen molar-refractivity contribution >= 4 is 58.2 Å². The molecule has 1 aromatic heterocycles. The molecule has 2 atom stereocenters. The van der Waals surface area contributed by atoms with E-state index in [0.717, 1.165) is 33.9 Å². The number of carbonyl (C=O) groups is 4. The molecule has 0 saturated heterocycles. The number of ether oxygens (including phenoxy) is 2. The number of hydrogen-bond donors (Lipinski definition) is 4. The molecule has 2 aromatic rings. The minimum atomic E-state index is -0.450. The molecule has 12 nitrogen and oxygen atoms in total. The van der Waals surface area contributed by atoms with E-state index in [1.54, 1.807) is 6.07 Å². The van der Waals surface area contributed by atoms with Crippen LogP contribution in [0.2, 0.25) is 0 Å². The SMILES string of the molecule is CNC(=O)CNC(=O)CNC(=O)CCOCCOCCNC(=O)c1ccc2nc3c(nc2c1)CSC1CCCCCCCC(C1)SC3. The van der Waals surface area contributed by atoms with Crippen LogP contribution in [0.3, 0.4) is 0 Å². The first-order valence-corrected chi connectivity index (χ1v) is 18.7. The average Bonchev–Trinajstić information content (AvgIpc) is 3.16. The van der Waals surface area contributed by atoms with Gasteiger partial charge >= 0.3 is 0 Å². The Hall–Kier alpha value is -2.94. The Balaban J connectivity index is 1.14. The molecular formula is C33H48N6O6S2. The van der Waals surface area contributed by atoms with Gasteiger partial charge < -0.3 is 30.7 Å². The second kappa shape index (κ2) is 20.4. The highest BCUT2D eigenvalue weighted by Gasteiger charge is 2.23. The molecule has 2 heterocycles. The van der Waals surface area contributed by atoms with Crippen LogP contribution in [0.25, 0.3) is 11.0 Å². The Bertz CT molecular complexity index is 1350. The lowest BCUT2D eigenvalue weighted by molar-refractivity contribution is -0.128. The molecule has 2 bridgehead atoms. The normalized spacial score (nSPS) is 18.5. The summed E-state index contributed by atoms with van der Waals surface area (Å²) in [5.41, 5.74) is 4.24. The molecule has 0 spiro atoms. The van der Waals surface area contributed by atoms with Crippen molar-refractivity contribution in [2.24, 2.45) is 0 Å². The molecule has 1 aromatic carbocycles. The topological polar surface area (TPSA) is 161 Å². The second-order valence-corrected chi connectivity index (χ2v) is 14.3. The summed E-state index contributed by atoms with van der Waals surface area (Å²) in [6.07, 6.45) is 10.6. The summed E-state index contributed by atoms with van der Waals surface area (Å²) in [7, 11) is 1.47. The fraction of sp³-hybridized carbons (Fsp3) is 0.636. The minimum absolute atomic E-state index is 0.0938. The van der Waals surface area contributed by atoms with Crippen LogP contribution in [0.15, 0.2) is 18.2 Å². The third-order valence-electron chi connectivity index (χ3n) is 8.12. The molecule has 0 radical (unpaired) electrons. The van der Waals surface area contributed by atoms with E-state index in [-0.39, 0.29) is 43.8 Å². The number of aromatic nitrogens is 2. The van der Waals surface area contributed by atoms with E-state index in [9.17, 15) is 19.2 Å². The Labute approximate surface area is 285 Å². The minimum Gasteiger partial charge on any atom is -0.379 e. The number of nitrogens with zero attached hydrogens (tertiary/aromatic N) is 2. The van der Waals surface area contributed by atoms with Gasteiger partial charge in [0.25, 0.3) is 5.91 Å². The molecule has 4 N–H and O–H groups in total. The van der Waals surface area contributed by atoms with Gasteiger partial charge in [0.2, 0.25) is 17.7 Å². The molecule has 1 saturated carbocycles. The van der Waals surface area contributed by atoms with Gasteiger partial charge in [-0.2, -0.15) is 23.5 Å². The highest BCUT2D eigenvalue weighted by atomic mass is 32.2. The van der Waals surface area contributed by atoms with Gasteiger partial charge in [-0.15, -0.1) is 0 Å². The number of fused-ring (bicyclic) bond motifs is 4. The van der Waals surface area contributed by atoms with Crippen LogP contribution in [-0.4, -0.2) is 97.2 Å². The summed E-state index contributed by atoms with van der Waals surface area (Å²) in [5.74, 6) is 0.457. The number of hydrogen-bond acceptors (Lipinski definition) is 10. The number of likely N-dealkylation sites (N-methyl/N-ethyl adjacent to an activating group) is 1. The predicted octanol–water partition coefficient (Wildman–Crippen LogP) is 3.11. The Kier molecular flexibility index (Phi) is 16.0. The van der Waals surface area contributed by atoms with Crippen molar-refractivity contribution in [3.8, 4) is 0 Å². The Morgan fingerprint density at radius 3 is 2.06 bits per heavy atom. The summed E-state index contributed by atoms with van der Waals surface area (Å²) < 4.78 is 10.9. The monoisotopic (exact) mass is 688 g/mol. The maximum Gasteiger partial charge on any atom is 0.251 e. The van der Waals surface area contributed by atoms with E-state index in [4.69, 9.17) is 19.4 Å². The van der Waals surface area contributed by atoms with Crippen molar-refractivity contribution in [1.29, 1.82) is 0 Å². The standard InChI is InChI=1S/C33H48N6O6S2/c1-34-31(41)19-37-32(42)20-36-30(40)11-13-44-15-16-45-14-12-35-33(43)23-9-10-26-27(17-23)39-29-22-47-25-8-6-4-2-3-5-7-24(18-25)46-21-28(29)38-26/h9-10,17,24-25H,2-8,11-16,18-22H2,1H3,(H,34,41)(H,35,43)(H,36,40)(H,37,42). The molecule has 4 rings (SSSR count). The number of amides is 4. The summed E-state index contributed by atoms with van der Waals surface area (Å²) in [6, 6.07) is 5.51. The maximum absolute atomic E-state index is 12.9. The number of benzene rings is 1. The van der Waals surface area contributed by atoms with Crippen LogP contribution >= 0.6 is 23.5 Å². The van der Waals surface area contributed by atoms with Crippen molar-refractivity contribution in [2.45, 2.75) is 79.8 Å². The van der Waals surface area contributed by atoms with E-state index < -0.39 is 5.91 Å². The van der Waals surface area contributed by atoms with E-state index in [0.29, 0.717) is 42.4 Å². The average molecular weight is 689 g/mol. The lowest BCUT2D eigenvalue weighted by Crippen LogP contribution is -2.41. The quantitative estimate of drug-likeness (QED) is 0.217. The first-order valence-electron chi connectivity index (χ1n) is 16.6. The molecule has 258 valence electrons. The third kappa shape index (κ3) is 13.2. The maximum atomic E-state index is 12.9. The largest absolute Gasteiger partial charge is 0.379 e. The smallest absolute Gasteiger partial charge is 0.251 e. The van der Waals surface area contributed by atoms with Crippen LogP contribution in [-0.2, 0) is 35.4 Å². The Morgan fingerprint density at radius 2 is 1.36 bits per heavy atom. The molecule has 14 heteroatoms. The summed E-state index contributed by atoms with van der Waals surface area (Å²) in [6.45, 7) is 1.09. The van der Waals surface area contributed by atoms with Gasteiger partial charge in [0, 0.05) is 47.6 Å². The van der Waals surface area contributed by atoms with Crippen molar-refractivity contribution in [1.82, 2.24) is 31.2 Å². The lowest BCUT2D eigenvalue weighted by atomic mass is 10.0. The van der Waals surface area contributed by atoms with Crippen molar-refractivity contribution in [3.05, 3.63) is 35.2 Å². The van der Waals surface area contributed by atoms with Gasteiger partial charge in [-0.3, -0.25) is 19.2 Å². The second-order valence-electron chi connectivity index (χ2n) is 11.7. The van der Waals surface area contributed by atoms with E-state index in [1.807, 2.05) is 23.9 Å².